The van der Waals surface area contributed by atoms with Gasteiger partial charge in [0.2, 0.25) is 5.79 Å². The highest BCUT2D eigenvalue weighted by Gasteiger charge is 2.83. The number of epoxide rings is 1. The third-order valence-electron chi connectivity index (χ3n) is 15.8. The van der Waals surface area contributed by atoms with Crippen LogP contribution in [-0.4, -0.2) is 87.6 Å². The van der Waals surface area contributed by atoms with E-state index in [2.05, 4.69) is 40.7 Å². The molecule has 246 valence electrons. The molecule has 0 amide bonds. The van der Waals surface area contributed by atoms with Gasteiger partial charge in [0.15, 0.2) is 12.6 Å². The summed E-state index contributed by atoms with van der Waals surface area (Å²) in [6.45, 7) is 14.0. The molecule has 9 rings (SSSR count). The van der Waals surface area contributed by atoms with Gasteiger partial charge in [-0.25, -0.2) is 0 Å². The van der Waals surface area contributed by atoms with Crippen molar-refractivity contribution in [1.82, 2.24) is 0 Å². The number of aliphatic hydroxyl groups is 4. The first kappa shape index (κ1) is 29.5. The molecule has 4 aliphatic heterocycles. The van der Waals surface area contributed by atoms with Crippen LogP contribution in [0.2, 0.25) is 0 Å². The van der Waals surface area contributed by atoms with E-state index in [1.165, 1.54) is 19.3 Å². The van der Waals surface area contributed by atoms with Gasteiger partial charge in [-0.3, -0.25) is 0 Å². The van der Waals surface area contributed by atoms with Crippen LogP contribution in [0.25, 0.3) is 0 Å². The zero-order valence-electron chi connectivity index (χ0n) is 27.1. The minimum absolute atomic E-state index is 0.0360. The molecular weight excluding hydrogens is 564 g/mol. The summed E-state index contributed by atoms with van der Waals surface area (Å²) in [5.41, 5.74) is 1.56. The Balaban J connectivity index is 1.00. The number of rotatable bonds is 2. The Kier molecular flexibility index (Phi) is 5.70. The minimum atomic E-state index is -1.26. The zero-order valence-corrected chi connectivity index (χ0v) is 27.1. The van der Waals surface area contributed by atoms with Gasteiger partial charge in [-0.05, 0) is 96.7 Å². The van der Waals surface area contributed by atoms with Crippen LogP contribution in [0.5, 0.6) is 0 Å². The maximum absolute atomic E-state index is 10.7. The number of hydrogen-bond acceptors (Lipinski definition) is 9. The van der Waals surface area contributed by atoms with E-state index < -0.39 is 42.3 Å². The molecule has 0 aromatic rings. The quantitative estimate of drug-likeness (QED) is 0.272. The summed E-state index contributed by atoms with van der Waals surface area (Å²) in [4.78, 5) is 0. The van der Waals surface area contributed by atoms with E-state index in [-0.39, 0.29) is 52.0 Å². The second-order valence-electron chi connectivity index (χ2n) is 17.8. The average Bonchev–Trinajstić information content (AvgIpc) is 3.80. The molecule has 9 aliphatic rings. The largest absolute Gasteiger partial charge is 0.388 e. The fourth-order valence-electron chi connectivity index (χ4n) is 13.4. The maximum atomic E-state index is 10.7. The molecule has 0 aromatic heterocycles. The molecule has 0 aromatic carbocycles. The molecule has 4 saturated carbocycles. The first-order valence-electron chi connectivity index (χ1n) is 17.3. The summed E-state index contributed by atoms with van der Waals surface area (Å²) in [5.74, 6) is 0.460. The van der Waals surface area contributed by atoms with E-state index >= 15 is 0 Å². The van der Waals surface area contributed by atoms with Crippen molar-refractivity contribution in [3.05, 3.63) is 11.6 Å². The topological polar surface area (TPSA) is 130 Å². The normalized spacial score (nSPS) is 64.6. The van der Waals surface area contributed by atoms with Crippen molar-refractivity contribution in [1.29, 1.82) is 0 Å². The van der Waals surface area contributed by atoms with Gasteiger partial charge in [0.25, 0.3) is 0 Å². The molecule has 17 atom stereocenters. The molecule has 0 radical (unpaired) electrons. The SMILES string of the molecule is C[C@@H]1C[C@]2(O[C@@H]3C[C@@]4(C)C5=CC[C@H]6C(C)(C)[C@H](O[C@@H]7OC[C@@H](O)[C@H](O)[C@H]7O)CC[C@@]67C[C@@]57CC[C@]4(C)[C@H]13)O[C@H](O)[C@@]1(C)O[C@@H]21. The van der Waals surface area contributed by atoms with Gasteiger partial charge in [-0.2, -0.15) is 0 Å². The van der Waals surface area contributed by atoms with Gasteiger partial charge in [0, 0.05) is 6.42 Å². The lowest BCUT2D eigenvalue weighted by molar-refractivity contribution is -0.344. The highest BCUT2D eigenvalue weighted by molar-refractivity contribution is 5.46. The van der Waals surface area contributed by atoms with Crippen LogP contribution in [0.3, 0.4) is 0 Å². The molecule has 0 unspecified atom stereocenters. The van der Waals surface area contributed by atoms with Crippen LogP contribution in [0.4, 0.5) is 0 Å². The van der Waals surface area contributed by atoms with E-state index in [0.29, 0.717) is 17.8 Å². The van der Waals surface area contributed by atoms with Crippen LogP contribution >= 0.6 is 0 Å². The summed E-state index contributed by atoms with van der Waals surface area (Å²) in [6, 6.07) is 0. The Morgan fingerprint density at radius 2 is 1.68 bits per heavy atom. The lowest BCUT2D eigenvalue weighted by Gasteiger charge is -2.60. The van der Waals surface area contributed by atoms with Crippen molar-refractivity contribution in [2.24, 2.45) is 44.8 Å². The molecule has 3 spiro atoms. The summed E-state index contributed by atoms with van der Waals surface area (Å²) in [7, 11) is 0. The van der Waals surface area contributed by atoms with Crippen LogP contribution < -0.4 is 0 Å². The number of allylic oxidation sites excluding steroid dienone is 2. The van der Waals surface area contributed by atoms with E-state index in [9.17, 15) is 20.4 Å². The van der Waals surface area contributed by atoms with Gasteiger partial charge < -0.3 is 44.1 Å². The predicted octanol–water partition coefficient (Wildman–Crippen LogP) is 3.41. The van der Waals surface area contributed by atoms with Gasteiger partial charge in [0.05, 0.1) is 18.8 Å². The number of aliphatic hydroxyl groups excluding tert-OH is 4. The minimum Gasteiger partial charge on any atom is -0.388 e. The number of fused-ring (bicyclic) bond motifs is 6. The van der Waals surface area contributed by atoms with Crippen molar-refractivity contribution >= 4 is 0 Å². The molecular formula is C35H52O9. The average molecular weight is 617 g/mol. The van der Waals surface area contributed by atoms with Crippen LogP contribution in [0.1, 0.15) is 92.9 Å². The maximum Gasteiger partial charge on any atom is 0.201 e. The standard InChI is InChI=1S/C35H52O9/c1-17-13-35(27-32(6,43-27)28(39)44-35)42-19-14-31(5)21-8-7-20-29(2,3)22(41-26-25(38)24(37)18(36)15-40-26)9-10-33(20)16-34(21,33)12-11-30(31,4)23(17)19/h8,17-20,22-28,36-39H,7,9-16H2,1-6H3/t17-,18-,19-,20+,22-,23-,24+,25-,26+,27-,28+,30-,31+,32+,33-,34+,35+/m1/s1. The Labute approximate surface area is 260 Å². The molecule has 0 bridgehead atoms. The van der Waals surface area contributed by atoms with Crippen molar-refractivity contribution in [2.75, 3.05) is 6.61 Å². The van der Waals surface area contributed by atoms with E-state index in [4.69, 9.17) is 23.7 Å². The fraction of sp³-hybridized carbons (Fsp3) is 0.943. The van der Waals surface area contributed by atoms with Crippen LogP contribution in [0, 0.1) is 44.8 Å². The van der Waals surface area contributed by atoms with Gasteiger partial charge in [-0.1, -0.05) is 46.3 Å². The Morgan fingerprint density at radius 1 is 0.909 bits per heavy atom. The van der Waals surface area contributed by atoms with Crippen molar-refractivity contribution in [3.63, 3.8) is 0 Å². The van der Waals surface area contributed by atoms with E-state index in [1.807, 2.05) is 6.92 Å². The van der Waals surface area contributed by atoms with Crippen LogP contribution in [0.15, 0.2) is 11.6 Å². The molecule has 5 aliphatic carbocycles. The van der Waals surface area contributed by atoms with Crippen molar-refractivity contribution in [3.8, 4) is 0 Å². The van der Waals surface area contributed by atoms with Gasteiger partial charge >= 0.3 is 0 Å². The lowest BCUT2D eigenvalue weighted by Crippen LogP contribution is -2.58. The zero-order chi connectivity index (χ0) is 31.0. The highest BCUT2D eigenvalue weighted by atomic mass is 16.8. The summed E-state index contributed by atoms with van der Waals surface area (Å²) in [5, 5.41) is 41.4. The molecule has 4 N–H and O–H groups in total. The first-order chi connectivity index (χ1) is 20.6. The second-order valence-corrected chi connectivity index (χ2v) is 17.8. The second kappa shape index (κ2) is 8.50. The van der Waals surface area contributed by atoms with E-state index in [0.717, 1.165) is 32.1 Å². The first-order valence-corrected chi connectivity index (χ1v) is 17.3. The summed E-state index contributed by atoms with van der Waals surface area (Å²) >= 11 is 0. The number of ether oxygens (including phenoxy) is 5. The molecule has 9 heteroatoms. The summed E-state index contributed by atoms with van der Waals surface area (Å²) in [6.07, 6.45) is 5.31. The third kappa shape index (κ3) is 3.19. The summed E-state index contributed by atoms with van der Waals surface area (Å²) < 4.78 is 31.3. The monoisotopic (exact) mass is 616 g/mol. The number of hydrogen-bond donors (Lipinski definition) is 4. The van der Waals surface area contributed by atoms with Gasteiger partial charge in [-0.15, -0.1) is 0 Å². The molecule has 8 fully saturated rings. The van der Waals surface area contributed by atoms with Crippen LogP contribution in [-0.2, 0) is 23.7 Å². The smallest absolute Gasteiger partial charge is 0.201 e. The molecule has 4 saturated heterocycles. The fourth-order valence-corrected chi connectivity index (χ4v) is 13.4. The Bertz CT molecular complexity index is 1300. The molecule has 4 heterocycles. The molecule has 44 heavy (non-hydrogen) atoms. The third-order valence-corrected chi connectivity index (χ3v) is 15.8. The lowest BCUT2D eigenvalue weighted by atomic mass is 9.45. The molecule has 9 nitrogen and oxygen atoms in total. The van der Waals surface area contributed by atoms with Crippen molar-refractivity contribution in [2.45, 2.75) is 154 Å². The van der Waals surface area contributed by atoms with Gasteiger partial charge in [0.1, 0.15) is 30.0 Å². The van der Waals surface area contributed by atoms with E-state index in [1.54, 1.807) is 5.57 Å². The Hall–Kier alpha value is -0.620. The van der Waals surface area contributed by atoms with Crippen molar-refractivity contribution < 1.29 is 44.1 Å². The highest BCUT2D eigenvalue weighted by Crippen LogP contribution is 2.88. The Morgan fingerprint density at radius 3 is 2.39 bits per heavy atom. The predicted molar refractivity (Wildman–Crippen MR) is 157 cm³/mol.